The molecule has 1 aliphatic rings. The van der Waals surface area contributed by atoms with Crippen molar-refractivity contribution in [2.75, 3.05) is 20.7 Å². The van der Waals surface area contributed by atoms with Crippen molar-refractivity contribution in [3.63, 3.8) is 0 Å². The van der Waals surface area contributed by atoms with Crippen LogP contribution < -0.4 is 10.1 Å². The van der Waals surface area contributed by atoms with E-state index in [1.807, 2.05) is 19.2 Å². The molecule has 1 unspecified atom stereocenters. The maximum absolute atomic E-state index is 12.2. The molecule has 1 saturated heterocycles. The molecular formula is C15H21ClN2O2. The van der Waals surface area contributed by atoms with Gasteiger partial charge in [-0.1, -0.05) is 11.6 Å². The molecule has 4 nitrogen and oxygen atoms in total. The van der Waals surface area contributed by atoms with E-state index in [-0.39, 0.29) is 5.91 Å². The first-order chi connectivity index (χ1) is 9.60. The summed E-state index contributed by atoms with van der Waals surface area (Å²) in [5.74, 6) is 0.902. The third kappa shape index (κ3) is 3.87. The predicted molar refractivity (Wildman–Crippen MR) is 80.1 cm³/mol. The summed E-state index contributed by atoms with van der Waals surface area (Å²) in [6.45, 7) is 1.53. The molecular weight excluding hydrogens is 276 g/mol. The highest BCUT2D eigenvalue weighted by Gasteiger charge is 2.20. The molecule has 1 atom stereocenters. The van der Waals surface area contributed by atoms with Gasteiger partial charge in [0.15, 0.2) is 0 Å². The van der Waals surface area contributed by atoms with E-state index in [1.165, 1.54) is 0 Å². The highest BCUT2D eigenvalue weighted by Crippen LogP contribution is 2.24. The van der Waals surface area contributed by atoms with Gasteiger partial charge in [0, 0.05) is 36.6 Å². The number of halogens is 1. The molecule has 1 aromatic carbocycles. The highest BCUT2D eigenvalue weighted by atomic mass is 35.5. The minimum Gasteiger partial charge on any atom is -0.496 e. The van der Waals surface area contributed by atoms with Gasteiger partial charge in [-0.15, -0.1) is 0 Å². The Hall–Kier alpha value is -1.26. The minimum absolute atomic E-state index is 0.145. The topological polar surface area (TPSA) is 41.6 Å². The van der Waals surface area contributed by atoms with Gasteiger partial charge in [-0.2, -0.15) is 0 Å². The first-order valence-electron chi connectivity index (χ1n) is 6.90. The number of nitrogens with one attached hydrogen (secondary N) is 1. The van der Waals surface area contributed by atoms with Crippen LogP contribution in [0.1, 0.15) is 24.8 Å². The van der Waals surface area contributed by atoms with Crippen LogP contribution in [0.4, 0.5) is 0 Å². The Morgan fingerprint density at radius 3 is 3.00 bits per heavy atom. The molecule has 0 aromatic heterocycles. The Morgan fingerprint density at radius 1 is 1.55 bits per heavy atom. The number of hydrogen-bond donors (Lipinski definition) is 1. The molecule has 1 amide bonds. The van der Waals surface area contributed by atoms with Crippen molar-refractivity contribution < 1.29 is 9.53 Å². The van der Waals surface area contributed by atoms with Crippen LogP contribution in [0.15, 0.2) is 18.2 Å². The zero-order chi connectivity index (χ0) is 14.5. The summed E-state index contributed by atoms with van der Waals surface area (Å²) in [6.07, 6.45) is 2.79. The van der Waals surface area contributed by atoms with E-state index in [2.05, 4.69) is 5.32 Å². The Bertz CT molecular complexity index is 473. The van der Waals surface area contributed by atoms with Gasteiger partial charge in [0.2, 0.25) is 5.91 Å². The van der Waals surface area contributed by atoms with Gasteiger partial charge in [0.25, 0.3) is 0 Å². The fraction of sp³-hybridized carbons (Fsp3) is 0.533. The van der Waals surface area contributed by atoms with Crippen molar-refractivity contribution in [3.05, 3.63) is 28.8 Å². The van der Waals surface area contributed by atoms with E-state index in [1.54, 1.807) is 18.1 Å². The van der Waals surface area contributed by atoms with Crippen molar-refractivity contribution in [1.29, 1.82) is 0 Å². The molecule has 0 aliphatic carbocycles. The summed E-state index contributed by atoms with van der Waals surface area (Å²) >= 11 is 6.01. The number of carbonyl (C=O) groups is 1. The minimum atomic E-state index is 0.145. The lowest BCUT2D eigenvalue weighted by Gasteiger charge is -2.21. The fourth-order valence-electron chi connectivity index (χ4n) is 2.51. The summed E-state index contributed by atoms with van der Waals surface area (Å²) in [4.78, 5) is 13.9. The molecule has 1 aliphatic heterocycles. The molecule has 0 spiro atoms. The van der Waals surface area contributed by atoms with Crippen molar-refractivity contribution in [1.82, 2.24) is 10.2 Å². The number of benzene rings is 1. The average molecular weight is 297 g/mol. The van der Waals surface area contributed by atoms with Gasteiger partial charge in [-0.25, -0.2) is 0 Å². The summed E-state index contributed by atoms with van der Waals surface area (Å²) in [5, 5.41) is 4.00. The van der Waals surface area contributed by atoms with E-state index in [0.717, 1.165) is 30.7 Å². The van der Waals surface area contributed by atoms with E-state index in [9.17, 15) is 4.79 Å². The molecule has 20 heavy (non-hydrogen) atoms. The molecule has 1 N–H and O–H groups in total. The SMILES string of the molecule is COc1ccc(Cl)cc1CN(C)C(=O)CC1CCCN1. The lowest BCUT2D eigenvalue weighted by Crippen LogP contribution is -2.33. The van der Waals surface area contributed by atoms with E-state index in [4.69, 9.17) is 16.3 Å². The van der Waals surface area contributed by atoms with Crippen molar-refractivity contribution >= 4 is 17.5 Å². The van der Waals surface area contributed by atoms with Crippen LogP contribution in [0.3, 0.4) is 0 Å². The van der Waals surface area contributed by atoms with Gasteiger partial charge >= 0.3 is 0 Å². The zero-order valence-corrected chi connectivity index (χ0v) is 12.7. The molecule has 0 saturated carbocycles. The first-order valence-corrected chi connectivity index (χ1v) is 7.27. The second kappa shape index (κ2) is 6.95. The van der Waals surface area contributed by atoms with Gasteiger partial charge < -0.3 is 15.0 Å². The predicted octanol–water partition coefficient (Wildman–Crippen LogP) is 2.45. The van der Waals surface area contributed by atoms with Crippen LogP contribution in [-0.2, 0) is 11.3 Å². The molecule has 2 rings (SSSR count). The number of amides is 1. The average Bonchev–Trinajstić information content (AvgIpc) is 2.91. The fourth-order valence-corrected chi connectivity index (χ4v) is 2.71. The first kappa shape index (κ1) is 15.1. The second-order valence-electron chi connectivity index (χ2n) is 5.20. The quantitative estimate of drug-likeness (QED) is 0.907. The molecule has 1 aromatic rings. The van der Waals surface area contributed by atoms with Crippen LogP contribution in [0.5, 0.6) is 5.75 Å². The monoisotopic (exact) mass is 296 g/mol. The summed E-state index contributed by atoms with van der Waals surface area (Å²) in [6, 6.07) is 5.78. The van der Waals surface area contributed by atoms with Gasteiger partial charge in [0.1, 0.15) is 5.75 Å². The zero-order valence-electron chi connectivity index (χ0n) is 12.0. The Kier molecular flexibility index (Phi) is 5.26. The summed E-state index contributed by atoms with van der Waals surface area (Å²) in [5.41, 5.74) is 0.926. The Morgan fingerprint density at radius 2 is 2.35 bits per heavy atom. The highest BCUT2D eigenvalue weighted by molar-refractivity contribution is 6.30. The molecule has 0 radical (unpaired) electrons. The lowest BCUT2D eigenvalue weighted by molar-refractivity contribution is -0.130. The number of carbonyl (C=O) groups excluding carboxylic acids is 1. The van der Waals surface area contributed by atoms with Crippen molar-refractivity contribution in [2.24, 2.45) is 0 Å². The Balaban J connectivity index is 1.97. The standard InChI is InChI=1S/C15H21ClN2O2/c1-18(15(19)9-13-4-3-7-17-13)10-11-8-12(16)5-6-14(11)20-2/h5-6,8,13,17H,3-4,7,9-10H2,1-2H3. The Labute approximate surface area is 125 Å². The number of rotatable bonds is 5. The molecule has 5 heteroatoms. The maximum Gasteiger partial charge on any atom is 0.224 e. The van der Waals surface area contributed by atoms with Crippen molar-refractivity contribution in [2.45, 2.75) is 31.8 Å². The third-order valence-electron chi connectivity index (χ3n) is 3.66. The summed E-state index contributed by atoms with van der Waals surface area (Å²) < 4.78 is 5.31. The molecule has 110 valence electrons. The van der Waals surface area contributed by atoms with Crippen LogP contribution in [-0.4, -0.2) is 37.6 Å². The lowest BCUT2D eigenvalue weighted by atomic mass is 10.1. The van der Waals surface area contributed by atoms with E-state index >= 15 is 0 Å². The molecule has 0 bridgehead atoms. The van der Waals surface area contributed by atoms with Gasteiger partial charge in [-0.3, -0.25) is 4.79 Å². The van der Waals surface area contributed by atoms with Gasteiger partial charge in [-0.05, 0) is 37.6 Å². The number of hydrogen-bond acceptors (Lipinski definition) is 3. The molecule has 1 fully saturated rings. The number of methoxy groups -OCH3 is 1. The normalized spacial score (nSPS) is 18.1. The molecule has 1 heterocycles. The third-order valence-corrected chi connectivity index (χ3v) is 3.89. The van der Waals surface area contributed by atoms with E-state index < -0.39 is 0 Å². The largest absolute Gasteiger partial charge is 0.496 e. The smallest absolute Gasteiger partial charge is 0.224 e. The van der Waals surface area contributed by atoms with Crippen molar-refractivity contribution in [3.8, 4) is 5.75 Å². The van der Waals surface area contributed by atoms with E-state index in [0.29, 0.717) is 24.0 Å². The van der Waals surface area contributed by atoms with Crippen LogP contribution in [0.2, 0.25) is 5.02 Å². The van der Waals surface area contributed by atoms with Crippen LogP contribution >= 0.6 is 11.6 Å². The second-order valence-corrected chi connectivity index (χ2v) is 5.64. The number of ether oxygens (including phenoxy) is 1. The van der Waals surface area contributed by atoms with Crippen LogP contribution in [0.25, 0.3) is 0 Å². The number of nitrogens with zero attached hydrogens (tertiary/aromatic N) is 1. The summed E-state index contributed by atoms with van der Waals surface area (Å²) in [7, 11) is 3.44. The maximum atomic E-state index is 12.2. The van der Waals surface area contributed by atoms with Gasteiger partial charge in [0.05, 0.1) is 7.11 Å². The van der Waals surface area contributed by atoms with Crippen LogP contribution in [0, 0.1) is 0 Å².